The Morgan fingerprint density at radius 1 is 1.27 bits per heavy atom. The maximum Gasteiger partial charge on any atom is 0.328 e. The molecule has 2 N–H and O–H groups in total. The van der Waals surface area contributed by atoms with Gasteiger partial charge in [0.05, 0.1) is 23.2 Å². The summed E-state index contributed by atoms with van der Waals surface area (Å²) in [4.78, 5) is 44.8. The van der Waals surface area contributed by atoms with Crippen molar-refractivity contribution in [3.05, 3.63) is 62.7 Å². The topological polar surface area (TPSA) is 113 Å². The molecular formula is C21H25N5O4. The molecular weight excluding hydrogens is 386 g/mol. The molecule has 2 aromatic heterocycles. The Morgan fingerprint density at radius 2 is 2.03 bits per heavy atom. The molecule has 1 aliphatic heterocycles. The summed E-state index contributed by atoms with van der Waals surface area (Å²) in [6.07, 6.45) is 2.23. The predicted molar refractivity (Wildman–Crippen MR) is 111 cm³/mol. The molecule has 1 saturated heterocycles. The zero-order valence-corrected chi connectivity index (χ0v) is 17.0. The number of likely N-dealkylation sites (tertiary alicyclic amines) is 1. The molecule has 0 unspecified atom stereocenters. The molecule has 0 bridgehead atoms. The summed E-state index contributed by atoms with van der Waals surface area (Å²) in [7, 11) is 1.97. The molecule has 30 heavy (non-hydrogen) atoms. The van der Waals surface area contributed by atoms with Crippen LogP contribution in [0.15, 0.2) is 40.1 Å². The minimum atomic E-state index is -0.864. The van der Waals surface area contributed by atoms with Gasteiger partial charge in [0.25, 0.3) is 5.56 Å². The van der Waals surface area contributed by atoms with Gasteiger partial charge in [0.2, 0.25) is 5.91 Å². The van der Waals surface area contributed by atoms with Crippen molar-refractivity contribution in [1.82, 2.24) is 24.0 Å². The van der Waals surface area contributed by atoms with E-state index in [1.807, 2.05) is 35.9 Å². The summed E-state index contributed by atoms with van der Waals surface area (Å²) >= 11 is 0. The van der Waals surface area contributed by atoms with Crippen molar-refractivity contribution in [3.63, 3.8) is 0 Å². The lowest BCUT2D eigenvalue weighted by molar-refractivity contribution is -0.130. The Hall–Kier alpha value is -3.20. The van der Waals surface area contributed by atoms with Gasteiger partial charge < -0.3 is 14.6 Å². The average molecular weight is 411 g/mol. The number of nitrogens with one attached hydrogen (secondary N) is 1. The van der Waals surface area contributed by atoms with Gasteiger partial charge in [-0.05, 0) is 25.5 Å². The van der Waals surface area contributed by atoms with Crippen LogP contribution in [-0.2, 0) is 18.3 Å². The van der Waals surface area contributed by atoms with E-state index in [4.69, 9.17) is 0 Å². The highest BCUT2D eigenvalue weighted by Crippen LogP contribution is 2.22. The first kappa shape index (κ1) is 20.1. The number of aliphatic hydroxyl groups is 1. The van der Waals surface area contributed by atoms with Crippen molar-refractivity contribution in [2.75, 3.05) is 13.1 Å². The van der Waals surface area contributed by atoms with Crippen LogP contribution in [0.4, 0.5) is 0 Å². The highest BCUT2D eigenvalue weighted by atomic mass is 16.3. The molecule has 3 heterocycles. The number of para-hydroxylation sites is 2. The third-order valence-corrected chi connectivity index (χ3v) is 5.79. The maximum absolute atomic E-state index is 12.7. The highest BCUT2D eigenvalue weighted by molar-refractivity contribution is 5.77. The van der Waals surface area contributed by atoms with Crippen molar-refractivity contribution in [2.45, 2.75) is 38.3 Å². The lowest BCUT2D eigenvalue weighted by Crippen LogP contribution is -2.37. The lowest BCUT2D eigenvalue weighted by atomic mass is 10.2. The third-order valence-electron chi connectivity index (χ3n) is 5.79. The number of carbonyl (C=O) groups excluding carboxylic acids is 1. The maximum atomic E-state index is 12.7. The zero-order chi connectivity index (χ0) is 21.4. The lowest BCUT2D eigenvalue weighted by Gasteiger charge is -2.17. The van der Waals surface area contributed by atoms with Crippen LogP contribution in [0.2, 0.25) is 0 Å². The number of rotatable bonds is 5. The fourth-order valence-electron chi connectivity index (χ4n) is 4.05. The number of hydrogen-bond acceptors (Lipinski definition) is 5. The molecule has 9 heteroatoms. The molecule has 1 aliphatic rings. The normalized spacial score (nSPS) is 19.0. The first-order chi connectivity index (χ1) is 14.3. The summed E-state index contributed by atoms with van der Waals surface area (Å²) < 4.78 is 3.36. The van der Waals surface area contributed by atoms with Gasteiger partial charge in [-0.3, -0.25) is 19.1 Å². The van der Waals surface area contributed by atoms with Crippen molar-refractivity contribution >= 4 is 16.9 Å². The molecule has 2 atom stereocenters. The Bertz CT molecular complexity index is 1210. The number of amides is 1. The van der Waals surface area contributed by atoms with Crippen LogP contribution in [0.1, 0.15) is 30.3 Å². The Kier molecular flexibility index (Phi) is 5.29. The van der Waals surface area contributed by atoms with E-state index < -0.39 is 23.4 Å². The number of fused-ring (bicyclic) bond motifs is 1. The van der Waals surface area contributed by atoms with Crippen molar-refractivity contribution in [2.24, 2.45) is 7.05 Å². The molecule has 3 aromatic rings. The molecule has 1 amide bonds. The van der Waals surface area contributed by atoms with E-state index in [1.54, 1.807) is 11.8 Å². The molecule has 0 radical (unpaired) electrons. The van der Waals surface area contributed by atoms with Gasteiger partial charge in [-0.1, -0.05) is 12.1 Å². The SMILES string of the molecule is Cc1cn([C@@H]2CN(C(=O)CCCc3nc4ccccc4n3C)C[C@H]2O)c(=O)[nH]c1=O. The van der Waals surface area contributed by atoms with E-state index in [-0.39, 0.29) is 19.0 Å². The van der Waals surface area contributed by atoms with Gasteiger partial charge in [-0.2, -0.15) is 0 Å². The second kappa shape index (κ2) is 7.91. The number of aromatic nitrogens is 4. The van der Waals surface area contributed by atoms with Gasteiger partial charge >= 0.3 is 5.69 Å². The van der Waals surface area contributed by atoms with E-state index in [0.29, 0.717) is 24.8 Å². The number of imidazole rings is 1. The Balaban J connectivity index is 1.38. The smallest absolute Gasteiger partial charge is 0.328 e. The van der Waals surface area contributed by atoms with E-state index in [2.05, 4.69) is 9.97 Å². The molecule has 0 aliphatic carbocycles. The van der Waals surface area contributed by atoms with Crippen LogP contribution in [0, 0.1) is 6.92 Å². The monoisotopic (exact) mass is 411 g/mol. The molecule has 0 spiro atoms. The van der Waals surface area contributed by atoms with Crippen molar-refractivity contribution in [3.8, 4) is 0 Å². The number of aromatic amines is 1. The van der Waals surface area contributed by atoms with E-state index in [1.165, 1.54) is 10.8 Å². The number of H-pyrrole nitrogens is 1. The minimum absolute atomic E-state index is 0.0653. The van der Waals surface area contributed by atoms with E-state index in [9.17, 15) is 19.5 Å². The van der Waals surface area contributed by atoms with E-state index >= 15 is 0 Å². The van der Waals surface area contributed by atoms with Crippen LogP contribution in [0.5, 0.6) is 0 Å². The van der Waals surface area contributed by atoms with Gasteiger partial charge in [0, 0.05) is 44.7 Å². The van der Waals surface area contributed by atoms with Gasteiger partial charge in [-0.25, -0.2) is 9.78 Å². The number of nitrogens with zero attached hydrogens (tertiary/aromatic N) is 4. The fourth-order valence-corrected chi connectivity index (χ4v) is 4.05. The van der Waals surface area contributed by atoms with Crippen LogP contribution in [0.3, 0.4) is 0 Å². The second-order valence-electron chi connectivity index (χ2n) is 7.84. The molecule has 158 valence electrons. The molecule has 4 rings (SSSR count). The summed E-state index contributed by atoms with van der Waals surface area (Å²) in [5.74, 6) is 0.864. The summed E-state index contributed by atoms with van der Waals surface area (Å²) in [6, 6.07) is 7.34. The number of β-amino-alcohol motifs (C(OH)–C–C–N with tert-alkyl or cyclic N) is 1. The van der Waals surface area contributed by atoms with Gasteiger partial charge in [-0.15, -0.1) is 0 Å². The van der Waals surface area contributed by atoms with Crippen molar-refractivity contribution in [1.29, 1.82) is 0 Å². The van der Waals surface area contributed by atoms with Crippen LogP contribution in [0.25, 0.3) is 11.0 Å². The van der Waals surface area contributed by atoms with Crippen LogP contribution in [-0.4, -0.2) is 54.2 Å². The molecule has 0 saturated carbocycles. The van der Waals surface area contributed by atoms with Crippen LogP contribution >= 0.6 is 0 Å². The number of hydrogen-bond donors (Lipinski definition) is 2. The molecule has 9 nitrogen and oxygen atoms in total. The average Bonchev–Trinajstić information content (AvgIpc) is 3.25. The summed E-state index contributed by atoms with van der Waals surface area (Å²) in [5, 5.41) is 10.4. The van der Waals surface area contributed by atoms with Crippen LogP contribution < -0.4 is 11.2 Å². The summed E-state index contributed by atoms with van der Waals surface area (Å²) in [5.41, 5.74) is 1.36. The molecule has 1 aromatic carbocycles. The standard InChI is InChI=1S/C21H25N5O4/c1-13-10-26(21(30)23-20(13)29)16-11-25(12-17(16)27)19(28)9-5-8-18-22-14-6-3-4-7-15(14)24(18)2/h3-4,6-7,10,16-17,27H,5,8-9,11-12H2,1-2H3,(H,23,29,30)/t16-,17-/m1/s1. The second-order valence-corrected chi connectivity index (χ2v) is 7.84. The first-order valence-corrected chi connectivity index (χ1v) is 10.0. The minimum Gasteiger partial charge on any atom is -0.389 e. The Labute approximate surface area is 172 Å². The summed E-state index contributed by atoms with van der Waals surface area (Å²) in [6.45, 7) is 2.00. The zero-order valence-electron chi connectivity index (χ0n) is 17.0. The molecule has 1 fully saturated rings. The predicted octanol–water partition coefficient (Wildman–Crippen LogP) is 0.499. The number of carbonyl (C=O) groups is 1. The van der Waals surface area contributed by atoms with Gasteiger partial charge in [0.15, 0.2) is 0 Å². The largest absolute Gasteiger partial charge is 0.389 e. The highest BCUT2D eigenvalue weighted by Gasteiger charge is 2.35. The quantitative estimate of drug-likeness (QED) is 0.635. The number of aliphatic hydroxyl groups excluding tert-OH is 1. The van der Waals surface area contributed by atoms with Crippen molar-refractivity contribution < 1.29 is 9.90 Å². The Morgan fingerprint density at radius 3 is 2.80 bits per heavy atom. The number of benzene rings is 1. The van der Waals surface area contributed by atoms with Gasteiger partial charge in [0.1, 0.15) is 5.82 Å². The third kappa shape index (κ3) is 3.68. The van der Waals surface area contributed by atoms with E-state index in [0.717, 1.165) is 16.9 Å². The number of aryl methyl sites for hydroxylation is 3. The fraction of sp³-hybridized carbons (Fsp3) is 0.429. The first-order valence-electron chi connectivity index (χ1n) is 10.0.